The number of hydrogen-bond acceptors (Lipinski definition) is 5. The summed E-state index contributed by atoms with van der Waals surface area (Å²) >= 11 is 0. The van der Waals surface area contributed by atoms with E-state index in [9.17, 15) is 14.9 Å². The molecule has 1 aromatic carbocycles. The minimum atomic E-state index is -1.08. The highest BCUT2D eigenvalue weighted by Crippen LogP contribution is 2.36. The SMILES string of the molecule is C=CCN(CC(=O)O)c1cccc(OC)c1[N+](=O)[O-]. The normalized spacial score (nSPS) is 9.74. The van der Waals surface area contributed by atoms with E-state index in [2.05, 4.69) is 6.58 Å². The summed E-state index contributed by atoms with van der Waals surface area (Å²) in [4.78, 5) is 22.7. The second-order valence-corrected chi connectivity index (χ2v) is 3.65. The number of nitrogens with zero attached hydrogens (tertiary/aromatic N) is 2. The molecular weight excluding hydrogens is 252 g/mol. The zero-order valence-corrected chi connectivity index (χ0v) is 10.4. The van der Waals surface area contributed by atoms with Crippen molar-refractivity contribution in [1.82, 2.24) is 0 Å². The van der Waals surface area contributed by atoms with Crippen LogP contribution in [0.4, 0.5) is 11.4 Å². The van der Waals surface area contributed by atoms with Crippen molar-refractivity contribution in [2.45, 2.75) is 0 Å². The lowest BCUT2D eigenvalue weighted by atomic mass is 10.2. The number of carbonyl (C=O) groups is 1. The first-order valence-electron chi connectivity index (χ1n) is 5.40. The van der Waals surface area contributed by atoms with Crippen LogP contribution in [0.15, 0.2) is 30.9 Å². The topological polar surface area (TPSA) is 92.9 Å². The summed E-state index contributed by atoms with van der Waals surface area (Å²) in [6, 6.07) is 4.50. The van der Waals surface area contributed by atoms with Gasteiger partial charge in [-0.15, -0.1) is 6.58 Å². The third-order valence-electron chi connectivity index (χ3n) is 2.40. The molecule has 0 saturated carbocycles. The molecule has 0 radical (unpaired) electrons. The number of rotatable bonds is 7. The van der Waals surface area contributed by atoms with E-state index in [0.29, 0.717) is 0 Å². The maximum Gasteiger partial charge on any atom is 0.333 e. The predicted octanol–water partition coefficient (Wildman–Crippen LogP) is 1.68. The van der Waals surface area contributed by atoms with E-state index in [4.69, 9.17) is 9.84 Å². The molecule has 0 bridgehead atoms. The summed E-state index contributed by atoms with van der Waals surface area (Å²) in [6.07, 6.45) is 1.48. The van der Waals surface area contributed by atoms with Gasteiger partial charge >= 0.3 is 11.7 Å². The molecule has 0 aliphatic rings. The van der Waals surface area contributed by atoms with Gasteiger partial charge in [0.15, 0.2) is 5.75 Å². The molecule has 1 N–H and O–H groups in total. The van der Waals surface area contributed by atoms with Crippen molar-refractivity contribution in [3.8, 4) is 5.75 Å². The second kappa shape index (κ2) is 6.39. The molecule has 1 aromatic rings. The lowest BCUT2D eigenvalue weighted by Crippen LogP contribution is -2.30. The summed E-state index contributed by atoms with van der Waals surface area (Å²) in [6.45, 7) is 3.33. The van der Waals surface area contributed by atoms with Crippen molar-refractivity contribution in [3.05, 3.63) is 41.0 Å². The molecule has 0 unspecified atom stereocenters. The number of methoxy groups -OCH3 is 1. The Morgan fingerprint density at radius 2 is 2.32 bits per heavy atom. The number of nitro benzene ring substituents is 1. The molecule has 0 aliphatic heterocycles. The average Bonchev–Trinajstić information content (AvgIpc) is 2.36. The van der Waals surface area contributed by atoms with E-state index in [0.717, 1.165) is 0 Å². The van der Waals surface area contributed by atoms with Crippen molar-refractivity contribution in [2.75, 3.05) is 25.1 Å². The van der Waals surface area contributed by atoms with Gasteiger partial charge in [-0.1, -0.05) is 12.1 Å². The fourth-order valence-corrected chi connectivity index (χ4v) is 1.68. The number of carboxylic acid groups (broad SMARTS) is 1. The average molecular weight is 266 g/mol. The Hall–Kier alpha value is -2.57. The van der Waals surface area contributed by atoms with Crippen molar-refractivity contribution in [3.63, 3.8) is 0 Å². The lowest BCUT2D eigenvalue weighted by molar-refractivity contribution is -0.385. The minimum absolute atomic E-state index is 0.0851. The predicted molar refractivity (Wildman–Crippen MR) is 69.7 cm³/mol. The third kappa shape index (κ3) is 3.44. The first-order chi connectivity index (χ1) is 9.01. The molecule has 0 aliphatic carbocycles. The van der Waals surface area contributed by atoms with Crippen LogP contribution in [-0.2, 0) is 4.79 Å². The van der Waals surface area contributed by atoms with Crippen molar-refractivity contribution in [2.24, 2.45) is 0 Å². The lowest BCUT2D eigenvalue weighted by Gasteiger charge is -2.21. The Balaban J connectivity index is 3.32. The number of anilines is 1. The molecule has 1 rings (SSSR count). The van der Waals surface area contributed by atoms with E-state index < -0.39 is 10.9 Å². The number of benzene rings is 1. The van der Waals surface area contributed by atoms with Gasteiger partial charge in [0.2, 0.25) is 0 Å². The van der Waals surface area contributed by atoms with Gasteiger partial charge in [0.25, 0.3) is 0 Å². The number of para-hydroxylation sites is 1. The molecule has 19 heavy (non-hydrogen) atoms. The van der Waals surface area contributed by atoms with E-state index in [-0.39, 0.29) is 30.2 Å². The van der Waals surface area contributed by atoms with Crippen LogP contribution in [-0.4, -0.2) is 36.2 Å². The van der Waals surface area contributed by atoms with E-state index >= 15 is 0 Å². The van der Waals surface area contributed by atoms with Gasteiger partial charge in [-0.2, -0.15) is 0 Å². The number of hydrogen-bond donors (Lipinski definition) is 1. The molecule has 0 heterocycles. The van der Waals surface area contributed by atoms with Crippen LogP contribution < -0.4 is 9.64 Å². The van der Waals surface area contributed by atoms with Gasteiger partial charge in [0.05, 0.1) is 12.0 Å². The summed E-state index contributed by atoms with van der Waals surface area (Å²) in [5.74, 6) is -0.999. The van der Waals surface area contributed by atoms with Crippen molar-refractivity contribution in [1.29, 1.82) is 0 Å². The number of aliphatic carboxylic acids is 1. The van der Waals surface area contributed by atoms with Crippen LogP contribution in [0.2, 0.25) is 0 Å². The van der Waals surface area contributed by atoms with E-state index in [1.165, 1.54) is 30.2 Å². The van der Waals surface area contributed by atoms with Gasteiger partial charge in [-0.05, 0) is 12.1 Å². The number of nitro groups is 1. The molecule has 7 nitrogen and oxygen atoms in total. The molecule has 0 saturated heterocycles. The standard InChI is InChI=1S/C12H14N2O5/c1-3-7-13(8-11(15)16)9-5-4-6-10(19-2)12(9)14(17)18/h3-6H,1,7-8H2,2H3,(H,15,16). The van der Waals surface area contributed by atoms with E-state index in [1.54, 1.807) is 6.07 Å². The second-order valence-electron chi connectivity index (χ2n) is 3.65. The van der Waals surface area contributed by atoms with Crippen molar-refractivity contribution < 1.29 is 19.6 Å². The van der Waals surface area contributed by atoms with Gasteiger partial charge in [0, 0.05) is 6.54 Å². The largest absolute Gasteiger partial charge is 0.490 e. The summed E-state index contributed by atoms with van der Waals surface area (Å²) in [7, 11) is 1.32. The molecular formula is C12H14N2O5. The molecule has 0 spiro atoms. The first kappa shape index (κ1) is 14.5. The van der Waals surface area contributed by atoms with Gasteiger partial charge < -0.3 is 14.7 Å². The quantitative estimate of drug-likeness (QED) is 0.458. The van der Waals surface area contributed by atoms with Crippen molar-refractivity contribution >= 4 is 17.3 Å². The fraction of sp³-hybridized carbons (Fsp3) is 0.250. The van der Waals surface area contributed by atoms with Crippen LogP contribution in [0.1, 0.15) is 0 Å². The van der Waals surface area contributed by atoms with Gasteiger partial charge in [-0.25, -0.2) is 0 Å². The van der Waals surface area contributed by atoms with Gasteiger partial charge in [0.1, 0.15) is 12.2 Å². The molecule has 0 fully saturated rings. The summed E-state index contributed by atoms with van der Waals surface area (Å²) in [5.41, 5.74) is -0.0697. The first-order valence-corrected chi connectivity index (χ1v) is 5.40. The Morgan fingerprint density at radius 3 is 2.79 bits per heavy atom. The maximum absolute atomic E-state index is 11.1. The molecule has 102 valence electrons. The zero-order chi connectivity index (χ0) is 14.4. The molecule has 0 aromatic heterocycles. The van der Waals surface area contributed by atoms with Crippen LogP contribution in [0.5, 0.6) is 5.75 Å². The molecule has 0 atom stereocenters. The smallest absolute Gasteiger partial charge is 0.333 e. The fourth-order valence-electron chi connectivity index (χ4n) is 1.68. The third-order valence-corrected chi connectivity index (χ3v) is 2.40. The van der Waals surface area contributed by atoms with Crippen LogP contribution in [0.25, 0.3) is 0 Å². The number of carboxylic acids is 1. The van der Waals surface area contributed by atoms with Crippen LogP contribution in [0.3, 0.4) is 0 Å². The maximum atomic E-state index is 11.1. The Kier molecular flexibility index (Phi) is 4.87. The summed E-state index contributed by atoms with van der Waals surface area (Å²) in [5, 5.41) is 20.0. The van der Waals surface area contributed by atoms with Crippen LogP contribution >= 0.6 is 0 Å². The highest BCUT2D eigenvalue weighted by molar-refractivity contribution is 5.78. The van der Waals surface area contributed by atoms with Gasteiger partial charge in [-0.3, -0.25) is 14.9 Å². The monoisotopic (exact) mass is 266 g/mol. The Morgan fingerprint density at radius 1 is 1.63 bits per heavy atom. The number of ether oxygens (including phenoxy) is 1. The molecule has 0 amide bonds. The Bertz CT molecular complexity index is 501. The molecule has 7 heteroatoms. The Labute approximate surface area is 109 Å². The van der Waals surface area contributed by atoms with Crippen LogP contribution in [0, 0.1) is 10.1 Å². The highest BCUT2D eigenvalue weighted by atomic mass is 16.6. The minimum Gasteiger partial charge on any atom is -0.490 e. The highest BCUT2D eigenvalue weighted by Gasteiger charge is 2.25. The summed E-state index contributed by atoms with van der Waals surface area (Å²) < 4.78 is 4.94. The zero-order valence-electron chi connectivity index (χ0n) is 10.4. The van der Waals surface area contributed by atoms with E-state index in [1.807, 2.05) is 0 Å².